The lowest BCUT2D eigenvalue weighted by atomic mass is 9.63. The second kappa shape index (κ2) is 6.38. The molecule has 2 aliphatic rings. The van der Waals surface area contributed by atoms with E-state index in [1.54, 1.807) is 27.4 Å². The van der Waals surface area contributed by atoms with Crippen LogP contribution in [-0.2, 0) is 18.3 Å². The lowest BCUT2D eigenvalue weighted by Gasteiger charge is -2.39. The SMILES string of the molecule is COc1cccc2c1C(=O)C=CC21Cc2ccc(OC)c3c(OC)ccc(c23)C1. The third-order valence-corrected chi connectivity index (χ3v) is 6.29. The van der Waals surface area contributed by atoms with Crippen molar-refractivity contribution in [3.63, 3.8) is 0 Å². The molecule has 0 radical (unpaired) electrons. The summed E-state index contributed by atoms with van der Waals surface area (Å²) < 4.78 is 16.8. The van der Waals surface area contributed by atoms with Crippen molar-refractivity contribution in [3.8, 4) is 17.2 Å². The highest BCUT2D eigenvalue weighted by atomic mass is 16.5. The number of benzene rings is 3. The number of allylic oxidation sites excluding steroid dienone is 2. The zero-order valence-corrected chi connectivity index (χ0v) is 16.7. The number of carbonyl (C=O) groups is 1. The van der Waals surface area contributed by atoms with E-state index in [1.807, 2.05) is 24.3 Å². The summed E-state index contributed by atoms with van der Waals surface area (Å²) >= 11 is 0. The van der Waals surface area contributed by atoms with Gasteiger partial charge < -0.3 is 14.2 Å². The summed E-state index contributed by atoms with van der Waals surface area (Å²) in [7, 11) is 4.99. The summed E-state index contributed by atoms with van der Waals surface area (Å²) in [6, 6.07) is 14.2. The Balaban J connectivity index is 1.76. The lowest BCUT2D eigenvalue weighted by molar-refractivity contribution is 0.103. The van der Waals surface area contributed by atoms with Crippen LogP contribution in [0.3, 0.4) is 0 Å². The van der Waals surface area contributed by atoms with Gasteiger partial charge in [-0.05, 0) is 59.2 Å². The predicted molar refractivity (Wildman–Crippen MR) is 113 cm³/mol. The molecule has 0 aliphatic heterocycles. The Bertz CT molecular complexity index is 1140. The highest BCUT2D eigenvalue weighted by Gasteiger charge is 2.41. The van der Waals surface area contributed by atoms with Gasteiger partial charge in [0.15, 0.2) is 5.78 Å². The third kappa shape index (κ3) is 2.42. The van der Waals surface area contributed by atoms with Crippen molar-refractivity contribution < 1.29 is 19.0 Å². The summed E-state index contributed by atoms with van der Waals surface area (Å²) in [6.07, 6.45) is 5.40. The van der Waals surface area contributed by atoms with Crippen LogP contribution in [0.25, 0.3) is 10.8 Å². The first-order valence-corrected chi connectivity index (χ1v) is 9.68. The highest BCUT2D eigenvalue weighted by Crippen LogP contribution is 2.49. The number of ether oxygens (including phenoxy) is 3. The number of carbonyl (C=O) groups excluding carboxylic acids is 1. The third-order valence-electron chi connectivity index (χ3n) is 6.29. The lowest BCUT2D eigenvalue weighted by Crippen LogP contribution is -2.36. The maximum Gasteiger partial charge on any atom is 0.189 e. The summed E-state index contributed by atoms with van der Waals surface area (Å²) in [4.78, 5) is 12.7. The Morgan fingerprint density at radius 1 is 0.759 bits per heavy atom. The Morgan fingerprint density at radius 2 is 1.38 bits per heavy atom. The normalized spacial score (nSPS) is 16.0. The molecule has 0 aromatic heterocycles. The molecule has 5 rings (SSSR count). The minimum absolute atomic E-state index is 0.00322. The second-order valence-corrected chi connectivity index (χ2v) is 7.69. The van der Waals surface area contributed by atoms with Crippen LogP contribution >= 0.6 is 0 Å². The molecule has 0 heterocycles. The molecule has 0 saturated heterocycles. The average molecular weight is 386 g/mol. The smallest absolute Gasteiger partial charge is 0.189 e. The fraction of sp³-hybridized carbons (Fsp3) is 0.240. The molecule has 0 bridgehead atoms. The van der Waals surface area contributed by atoms with Gasteiger partial charge in [-0.25, -0.2) is 0 Å². The molecule has 0 unspecified atom stereocenters. The number of fused-ring (bicyclic) bond motifs is 2. The summed E-state index contributed by atoms with van der Waals surface area (Å²) in [5.74, 6) is 2.27. The predicted octanol–water partition coefficient (Wildman–Crippen LogP) is 4.65. The van der Waals surface area contributed by atoms with E-state index in [1.165, 1.54) is 16.5 Å². The van der Waals surface area contributed by atoms with E-state index in [4.69, 9.17) is 14.2 Å². The minimum atomic E-state index is -0.277. The van der Waals surface area contributed by atoms with Gasteiger partial charge in [0.2, 0.25) is 0 Å². The van der Waals surface area contributed by atoms with Gasteiger partial charge in [-0.15, -0.1) is 0 Å². The molecule has 3 aromatic rings. The first-order valence-electron chi connectivity index (χ1n) is 9.68. The number of methoxy groups -OCH3 is 3. The van der Waals surface area contributed by atoms with Crippen LogP contribution in [0, 0.1) is 0 Å². The monoisotopic (exact) mass is 386 g/mol. The van der Waals surface area contributed by atoms with Crippen molar-refractivity contribution in [2.45, 2.75) is 18.3 Å². The first kappa shape index (κ1) is 17.8. The van der Waals surface area contributed by atoms with Crippen LogP contribution in [0.15, 0.2) is 54.6 Å². The van der Waals surface area contributed by atoms with Gasteiger partial charge in [0.25, 0.3) is 0 Å². The quantitative estimate of drug-likeness (QED) is 0.657. The number of rotatable bonds is 3. The molecule has 0 saturated carbocycles. The molecular formula is C25H22O4. The van der Waals surface area contributed by atoms with Crippen molar-refractivity contribution in [2.75, 3.05) is 21.3 Å². The van der Waals surface area contributed by atoms with Crippen LogP contribution in [-0.4, -0.2) is 27.1 Å². The van der Waals surface area contributed by atoms with Gasteiger partial charge in [-0.2, -0.15) is 0 Å². The summed E-state index contributed by atoms with van der Waals surface area (Å²) in [6.45, 7) is 0. The molecule has 4 nitrogen and oxygen atoms in total. The van der Waals surface area contributed by atoms with Gasteiger partial charge in [0.1, 0.15) is 17.2 Å². The maximum absolute atomic E-state index is 12.7. The van der Waals surface area contributed by atoms with Crippen molar-refractivity contribution in [2.24, 2.45) is 0 Å². The minimum Gasteiger partial charge on any atom is -0.496 e. The number of hydrogen-bond donors (Lipinski definition) is 0. The molecule has 0 amide bonds. The van der Waals surface area contributed by atoms with E-state index in [9.17, 15) is 4.79 Å². The van der Waals surface area contributed by atoms with Gasteiger partial charge in [-0.3, -0.25) is 4.79 Å². The Labute approximate surface area is 169 Å². The molecule has 29 heavy (non-hydrogen) atoms. The Morgan fingerprint density at radius 3 is 1.97 bits per heavy atom. The van der Waals surface area contributed by atoms with Crippen molar-refractivity contribution in [1.82, 2.24) is 0 Å². The zero-order valence-electron chi connectivity index (χ0n) is 16.7. The molecule has 0 fully saturated rings. The standard InChI is InChI=1S/C25H22O4/c1-27-19-6-4-5-17-23(19)18(26)11-12-25(17)13-15-7-9-20(28-2)24-21(29-3)10-8-16(14-25)22(15)24/h4-12H,13-14H2,1-3H3. The summed E-state index contributed by atoms with van der Waals surface area (Å²) in [5.41, 5.74) is 3.90. The van der Waals surface area contributed by atoms with E-state index >= 15 is 0 Å². The van der Waals surface area contributed by atoms with Gasteiger partial charge in [0.05, 0.1) is 32.3 Å². The topological polar surface area (TPSA) is 44.8 Å². The Kier molecular flexibility index (Phi) is 3.91. The van der Waals surface area contributed by atoms with Gasteiger partial charge >= 0.3 is 0 Å². The molecule has 3 aromatic carbocycles. The van der Waals surface area contributed by atoms with E-state index < -0.39 is 0 Å². The maximum atomic E-state index is 12.7. The molecule has 1 spiro atoms. The largest absolute Gasteiger partial charge is 0.496 e. The van der Waals surface area contributed by atoms with Crippen LogP contribution < -0.4 is 14.2 Å². The molecule has 2 aliphatic carbocycles. The number of ketones is 1. The fourth-order valence-electron chi connectivity index (χ4n) is 5.05. The van der Waals surface area contributed by atoms with E-state index in [0.29, 0.717) is 11.3 Å². The molecule has 146 valence electrons. The van der Waals surface area contributed by atoms with Crippen molar-refractivity contribution in [3.05, 3.63) is 76.9 Å². The second-order valence-electron chi connectivity index (χ2n) is 7.69. The van der Waals surface area contributed by atoms with E-state index in [0.717, 1.165) is 35.3 Å². The molecule has 0 N–H and O–H groups in total. The van der Waals surface area contributed by atoms with Gasteiger partial charge in [0, 0.05) is 5.41 Å². The van der Waals surface area contributed by atoms with Crippen molar-refractivity contribution in [1.29, 1.82) is 0 Å². The molecule has 0 atom stereocenters. The van der Waals surface area contributed by atoms with Crippen molar-refractivity contribution >= 4 is 16.6 Å². The first-order chi connectivity index (χ1) is 14.1. The zero-order chi connectivity index (χ0) is 20.2. The van der Waals surface area contributed by atoms with Crippen LogP contribution in [0.5, 0.6) is 17.2 Å². The van der Waals surface area contributed by atoms with E-state index in [-0.39, 0.29) is 11.2 Å². The number of hydrogen-bond acceptors (Lipinski definition) is 4. The van der Waals surface area contributed by atoms with E-state index in [2.05, 4.69) is 24.3 Å². The summed E-state index contributed by atoms with van der Waals surface area (Å²) in [5, 5.41) is 2.21. The average Bonchev–Trinajstić information content (AvgIpc) is 2.76. The molecular weight excluding hydrogens is 364 g/mol. The van der Waals surface area contributed by atoms with Crippen LogP contribution in [0.2, 0.25) is 0 Å². The van der Waals surface area contributed by atoms with Crippen LogP contribution in [0.1, 0.15) is 27.0 Å². The van der Waals surface area contributed by atoms with Crippen LogP contribution in [0.4, 0.5) is 0 Å². The fourth-order valence-corrected chi connectivity index (χ4v) is 5.05. The highest BCUT2D eigenvalue weighted by molar-refractivity contribution is 6.10. The molecule has 4 heteroatoms. The van der Waals surface area contributed by atoms with Gasteiger partial charge in [-0.1, -0.05) is 30.3 Å². The Hall–Kier alpha value is -3.27.